The first-order valence-electron chi connectivity index (χ1n) is 6.04. The molecule has 21 heavy (non-hydrogen) atoms. The van der Waals surface area contributed by atoms with Crippen LogP contribution in [0.25, 0.3) is 0 Å². The molecule has 2 rings (SSSR count). The van der Waals surface area contributed by atoms with Gasteiger partial charge in [-0.15, -0.1) is 0 Å². The third-order valence-electron chi connectivity index (χ3n) is 3.01. The van der Waals surface area contributed by atoms with E-state index >= 15 is 0 Å². The fourth-order valence-corrected chi connectivity index (χ4v) is 2.02. The van der Waals surface area contributed by atoms with Gasteiger partial charge in [-0.2, -0.15) is 0 Å². The Kier molecular flexibility index (Phi) is 4.23. The van der Waals surface area contributed by atoms with E-state index in [0.717, 1.165) is 11.6 Å². The second-order valence-electron chi connectivity index (χ2n) is 4.41. The lowest BCUT2D eigenvalue weighted by atomic mass is 10.1. The van der Waals surface area contributed by atoms with Gasteiger partial charge < -0.3 is 9.84 Å². The van der Waals surface area contributed by atoms with Crippen molar-refractivity contribution >= 4 is 23.2 Å². The molecule has 0 fully saturated rings. The topological polar surface area (TPSA) is 98.3 Å². The minimum absolute atomic E-state index is 0.0534. The molecule has 2 aromatic rings. The number of aromatic nitrogens is 1. The average molecular weight is 310 g/mol. The van der Waals surface area contributed by atoms with E-state index in [9.17, 15) is 14.9 Å². The Balaban J connectivity index is 2.17. The number of rotatable bonds is 4. The molecule has 0 spiro atoms. The Bertz CT molecular complexity index is 692. The summed E-state index contributed by atoms with van der Waals surface area (Å²) in [5, 5.41) is 17.3. The molecule has 1 amide bonds. The zero-order chi connectivity index (χ0) is 15.6. The predicted molar refractivity (Wildman–Crippen MR) is 75.3 cm³/mol. The molecule has 0 saturated heterocycles. The highest BCUT2D eigenvalue weighted by Crippen LogP contribution is 2.22. The maximum atomic E-state index is 12.1. The maximum absolute atomic E-state index is 12.1. The molecule has 1 heterocycles. The molecule has 0 aliphatic rings. The van der Waals surface area contributed by atoms with Crippen LogP contribution in [0.3, 0.4) is 0 Å². The largest absolute Gasteiger partial charge is 0.361 e. The number of nitrogens with zero attached hydrogens (tertiary/aromatic N) is 2. The lowest BCUT2D eigenvalue weighted by Crippen LogP contribution is -2.23. The number of aryl methyl sites for hydroxylation is 2. The van der Waals surface area contributed by atoms with Crippen molar-refractivity contribution in [2.45, 2.75) is 20.4 Å². The molecule has 7 nitrogen and oxygen atoms in total. The van der Waals surface area contributed by atoms with Crippen LogP contribution < -0.4 is 5.32 Å². The van der Waals surface area contributed by atoms with E-state index in [2.05, 4.69) is 10.5 Å². The van der Waals surface area contributed by atoms with Gasteiger partial charge in [0, 0.05) is 24.2 Å². The second-order valence-corrected chi connectivity index (χ2v) is 4.81. The number of carbonyl (C=O) groups excluding carboxylic acids is 1. The van der Waals surface area contributed by atoms with Gasteiger partial charge in [-0.25, -0.2) is 0 Å². The van der Waals surface area contributed by atoms with Gasteiger partial charge in [-0.05, 0) is 19.9 Å². The van der Waals surface area contributed by atoms with Crippen LogP contribution in [-0.2, 0) is 6.54 Å². The van der Waals surface area contributed by atoms with Crippen molar-refractivity contribution in [3.05, 3.63) is 55.9 Å². The number of nitrogens with one attached hydrogen (secondary N) is 1. The smallest absolute Gasteiger partial charge is 0.270 e. The summed E-state index contributed by atoms with van der Waals surface area (Å²) in [4.78, 5) is 22.2. The van der Waals surface area contributed by atoms with Crippen LogP contribution in [0.15, 0.2) is 22.7 Å². The van der Waals surface area contributed by atoms with Crippen molar-refractivity contribution < 1.29 is 14.2 Å². The van der Waals surface area contributed by atoms with Crippen LogP contribution in [-0.4, -0.2) is 16.0 Å². The van der Waals surface area contributed by atoms with Gasteiger partial charge in [0.2, 0.25) is 0 Å². The number of amides is 1. The van der Waals surface area contributed by atoms with Gasteiger partial charge in [-0.3, -0.25) is 14.9 Å². The fourth-order valence-electron chi connectivity index (χ4n) is 1.82. The van der Waals surface area contributed by atoms with E-state index in [1.165, 1.54) is 12.1 Å². The molecule has 0 aliphatic heterocycles. The highest BCUT2D eigenvalue weighted by molar-refractivity contribution is 6.33. The Morgan fingerprint density at radius 1 is 1.48 bits per heavy atom. The summed E-state index contributed by atoms with van der Waals surface area (Å²) in [6.07, 6.45) is 0. The first-order valence-corrected chi connectivity index (χ1v) is 6.42. The lowest BCUT2D eigenvalue weighted by Gasteiger charge is -2.06. The Morgan fingerprint density at radius 2 is 2.19 bits per heavy atom. The van der Waals surface area contributed by atoms with Crippen LogP contribution in [0.1, 0.15) is 27.4 Å². The average Bonchev–Trinajstić information content (AvgIpc) is 2.75. The molecule has 0 saturated carbocycles. The molecule has 0 aliphatic carbocycles. The van der Waals surface area contributed by atoms with E-state index in [0.29, 0.717) is 11.5 Å². The van der Waals surface area contributed by atoms with Crippen LogP contribution in [0.5, 0.6) is 0 Å². The number of nitro benzene ring substituents is 1. The molecule has 1 aromatic carbocycles. The van der Waals surface area contributed by atoms with Gasteiger partial charge >= 0.3 is 0 Å². The molecule has 1 aromatic heterocycles. The number of halogens is 1. The van der Waals surface area contributed by atoms with Crippen molar-refractivity contribution in [3.8, 4) is 0 Å². The number of carbonyl (C=O) groups is 1. The SMILES string of the molecule is Cc1noc(C)c1CNC(=O)c1cc([N+](=O)[O-])ccc1Cl. The Hall–Kier alpha value is -2.41. The van der Waals surface area contributed by atoms with Crippen LogP contribution >= 0.6 is 11.6 Å². The van der Waals surface area contributed by atoms with Gasteiger partial charge in [0.05, 0.1) is 21.2 Å². The van der Waals surface area contributed by atoms with Crippen LogP contribution in [0.4, 0.5) is 5.69 Å². The number of non-ortho nitro benzene ring substituents is 1. The maximum Gasteiger partial charge on any atom is 0.270 e. The second kappa shape index (κ2) is 5.92. The summed E-state index contributed by atoms with van der Waals surface area (Å²) in [6.45, 7) is 3.71. The minimum atomic E-state index is -0.582. The molecule has 0 unspecified atom stereocenters. The molecule has 110 valence electrons. The van der Waals surface area contributed by atoms with Crippen molar-refractivity contribution in [1.82, 2.24) is 10.5 Å². The Morgan fingerprint density at radius 3 is 2.76 bits per heavy atom. The summed E-state index contributed by atoms with van der Waals surface area (Å²) in [5.41, 5.74) is 1.31. The minimum Gasteiger partial charge on any atom is -0.361 e. The van der Waals surface area contributed by atoms with E-state index < -0.39 is 10.8 Å². The monoisotopic (exact) mass is 309 g/mol. The van der Waals surface area contributed by atoms with Crippen LogP contribution in [0, 0.1) is 24.0 Å². The highest BCUT2D eigenvalue weighted by atomic mass is 35.5. The fraction of sp³-hybridized carbons (Fsp3) is 0.231. The number of nitro groups is 1. The molecule has 0 atom stereocenters. The normalized spacial score (nSPS) is 10.4. The zero-order valence-corrected chi connectivity index (χ0v) is 12.1. The third kappa shape index (κ3) is 3.19. The van der Waals surface area contributed by atoms with Gasteiger partial charge in [0.1, 0.15) is 5.76 Å². The van der Waals surface area contributed by atoms with E-state index in [1.807, 2.05) is 0 Å². The summed E-state index contributed by atoms with van der Waals surface area (Å²) in [7, 11) is 0. The summed E-state index contributed by atoms with van der Waals surface area (Å²) >= 11 is 5.90. The number of hydrogen-bond donors (Lipinski definition) is 1. The predicted octanol–water partition coefficient (Wildman–Crippen LogP) is 2.78. The highest BCUT2D eigenvalue weighted by Gasteiger charge is 2.17. The van der Waals surface area contributed by atoms with Crippen molar-refractivity contribution in [3.63, 3.8) is 0 Å². The van der Waals surface area contributed by atoms with Gasteiger partial charge in [-0.1, -0.05) is 16.8 Å². The lowest BCUT2D eigenvalue weighted by molar-refractivity contribution is -0.384. The van der Waals surface area contributed by atoms with Crippen molar-refractivity contribution in [1.29, 1.82) is 0 Å². The van der Waals surface area contributed by atoms with Gasteiger partial charge in [0.25, 0.3) is 11.6 Å². The van der Waals surface area contributed by atoms with Crippen molar-refractivity contribution in [2.24, 2.45) is 0 Å². The molecular formula is C13H12ClN3O4. The molecule has 0 radical (unpaired) electrons. The molecule has 1 N–H and O–H groups in total. The first-order chi connectivity index (χ1) is 9.90. The third-order valence-corrected chi connectivity index (χ3v) is 3.34. The molecule has 8 heteroatoms. The standard InChI is InChI=1S/C13H12ClN3O4/c1-7-11(8(2)21-16-7)6-15-13(18)10-5-9(17(19)20)3-4-12(10)14/h3-5H,6H2,1-2H3,(H,15,18). The van der Waals surface area contributed by atoms with E-state index in [-0.39, 0.29) is 22.8 Å². The summed E-state index contributed by atoms with van der Waals surface area (Å²) in [6, 6.07) is 3.71. The van der Waals surface area contributed by atoms with Crippen LogP contribution in [0.2, 0.25) is 5.02 Å². The van der Waals surface area contributed by atoms with E-state index in [1.54, 1.807) is 13.8 Å². The number of hydrogen-bond acceptors (Lipinski definition) is 5. The molecule has 0 bridgehead atoms. The summed E-state index contributed by atoms with van der Waals surface area (Å²) in [5.74, 6) is 0.113. The first kappa shape index (κ1) is 15.0. The zero-order valence-electron chi connectivity index (χ0n) is 11.3. The molecular weight excluding hydrogens is 298 g/mol. The quantitative estimate of drug-likeness (QED) is 0.691. The number of benzene rings is 1. The van der Waals surface area contributed by atoms with Crippen molar-refractivity contribution in [2.75, 3.05) is 0 Å². The van der Waals surface area contributed by atoms with E-state index in [4.69, 9.17) is 16.1 Å². The summed E-state index contributed by atoms with van der Waals surface area (Å²) < 4.78 is 4.99. The Labute approximate surface area is 125 Å². The van der Waals surface area contributed by atoms with Gasteiger partial charge in [0.15, 0.2) is 0 Å².